The number of hydrogen-bond donors (Lipinski definition) is 1. The second-order valence-corrected chi connectivity index (χ2v) is 6.81. The van der Waals surface area contributed by atoms with Crippen LogP contribution in [-0.2, 0) is 0 Å². The summed E-state index contributed by atoms with van der Waals surface area (Å²) in [4.78, 5) is 2.22. The minimum absolute atomic E-state index is 0.118. The first-order valence-corrected chi connectivity index (χ1v) is 9.17. The maximum atomic E-state index is 9.63. The SMILES string of the molecule is CCN(CC)c1ccc2c(c1)OC(N)=C(C#N)C2c1ccc(Cl)c(Cl)c1. The van der Waals surface area contributed by atoms with E-state index in [0.29, 0.717) is 21.4 Å². The standard InChI is InChI=1S/C20H19Cl2N3O/c1-3-25(4-2)13-6-7-14-18(10-13)26-20(24)15(11-23)19(14)12-5-8-16(21)17(22)9-12/h5-10,19H,3-4,24H2,1-2H3. The van der Waals surface area contributed by atoms with Gasteiger partial charge in [0, 0.05) is 30.4 Å². The van der Waals surface area contributed by atoms with Crippen molar-refractivity contribution in [3.63, 3.8) is 0 Å². The molecule has 0 saturated heterocycles. The third kappa shape index (κ3) is 3.21. The van der Waals surface area contributed by atoms with Crippen molar-refractivity contribution < 1.29 is 4.74 Å². The van der Waals surface area contributed by atoms with E-state index in [1.807, 2.05) is 24.3 Å². The number of nitrogens with zero attached hydrogens (tertiary/aromatic N) is 2. The molecule has 0 radical (unpaired) electrons. The number of nitriles is 1. The van der Waals surface area contributed by atoms with Gasteiger partial charge < -0.3 is 15.4 Å². The Bertz CT molecular complexity index is 914. The lowest BCUT2D eigenvalue weighted by atomic mass is 9.83. The highest BCUT2D eigenvalue weighted by Crippen LogP contribution is 2.44. The van der Waals surface area contributed by atoms with Crippen molar-refractivity contribution in [2.45, 2.75) is 19.8 Å². The van der Waals surface area contributed by atoms with E-state index in [1.165, 1.54) is 0 Å². The van der Waals surface area contributed by atoms with Crippen LogP contribution in [-0.4, -0.2) is 13.1 Å². The normalized spacial score (nSPS) is 15.9. The van der Waals surface area contributed by atoms with Gasteiger partial charge in [0.2, 0.25) is 5.88 Å². The summed E-state index contributed by atoms with van der Waals surface area (Å²) >= 11 is 12.2. The molecule has 1 atom stereocenters. The van der Waals surface area contributed by atoms with Crippen molar-refractivity contribution in [3.8, 4) is 11.8 Å². The number of fused-ring (bicyclic) bond motifs is 1. The second-order valence-electron chi connectivity index (χ2n) is 5.99. The minimum atomic E-state index is -0.343. The van der Waals surface area contributed by atoms with Gasteiger partial charge in [-0.2, -0.15) is 5.26 Å². The van der Waals surface area contributed by atoms with Crippen LogP contribution in [0.1, 0.15) is 30.9 Å². The molecule has 134 valence electrons. The molecule has 26 heavy (non-hydrogen) atoms. The summed E-state index contributed by atoms with van der Waals surface area (Å²) in [7, 11) is 0. The molecule has 3 rings (SSSR count). The van der Waals surface area contributed by atoms with Crippen LogP contribution < -0.4 is 15.4 Å². The number of benzene rings is 2. The Morgan fingerprint density at radius 3 is 2.46 bits per heavy atom. The van der Waals surface area contributed by atoms with Gasteiger partial charge in [-0.25, -0.2) is 0 Å². The van der Waals surface area contributed by atoms with Crippen LogP contribution in [0.5, 0.6) is 5.75 Å². The van der Waals surface area contributed by atoms with Gasteiger partial charge in [-0.1, -0.05) is 35.3 Å². The number of rotatable bonds is 4. The van der Waals surface area contributed by atoms with E-state index in [0.717, 1.165) is 29.9 Å². The number of hydrogen-bond acceptors (Lipinski definition) is 4. The molecule has 1 heterocycles. The molecule has 0 amide bonds. The predicted octanol–water partition coefficient (Wildman–Crippen LogP) is 5.06. The third-order valence-electron chi connectivity index (χ3n) is 4.61. The molecule has 6 heteroatoms. The van der Waals surface area contributed by atoms with E-state index >= 15 is 0 Å². The minimum Gasteiger partial charge on any atom is -0.440 e. The van der Waals surface area contributed by atoms with Gasteiger partial charge in [-0.15, -0.1) is 0 Å². The molecule has 0 aromatic heterocycles. The average Bonchev–Trinajstić information content (AvgIpc) is 2.64. The maximum Gasteiger partial charge on any atom is 0.205 e. The predicted molar refractivity (Wildman–Crippen MR) is 106 cm³/mol. The third-order valence-corrected chi connectivity index (χ3v) is 5.35. The number of ether oxygens (including phenoxy) is 1. The van der Waals surface area contributed by atoms with E-state index in [1.54, 1.807) is 12.1 Å². The molecule has 0 spiro atoms. The fraction of sp³-hybridized carbons (Fsp3) is 0.250. The first-order valence-electron chi connectivity index (χ1n) is 8.41. The summed E-state index contributed by atoms with van der Waals surface area (Å²) in [5.74, 6) is 0.430. The summed E-state index contributed by atoms with van der Waals surface area (Å²) in [6, 6.07) is 13.5. The van der Waals surface area contributed by atoms with E-state index in [4.69, 9.17) is 33.7 Å². The van der Waals surface area contributed by atoms with Crippen molar-refractivity contribution in [1.29, 1.82) is 5.26 Å². The van der Waals surface area contributed by atoms with Gasteiger partial charge in [0.15, 0.2) is 0 Å². The summed E-state index contributed by atoms with van der Waals surface area (Å²) in [6.45, 7) is 5.98. The Balaban J connectivity index is 2.15. The molecule has 0 fully saturated rings. The van der Waals surface area contributed by atoms with Crippen LogP contribution in [0.15, 0.2) is 47.9 Å². The van der Waals surface area contributed by atoms with Gasteiger partial charge in [0.1, 0.15) is 17.4 Å². The molecule has 1 aliphatic heterocycles. The smallest absolute Gasteiger partial charge is 0.205 e. The van der Waals surface area contributed by atoms with E-state index in [2.05, 4.69) is 24.8 Å². The van der Waals surface area contributed by atoms with Gasteiger partial charge in [-0.05, 0) is 37.6 Å². The van der Waals surface area contributed by atoms with Crippen molar-refractivity contribution in [3.05, 3.63) is 69.0 Å². The van der Waals surface area contributed by atoms with E-state index < -0.39 is 0 Å². The highest BCUT2D eigenvalue weighted by molar-refractivity contribution is 6.42. The van der Waals surface area contributed by atoms with Gasteiger partial charge in [0.25, 0.3) is 0 Å². The quantitative estimate of drug-likeness (QED) is 0.796. The van der Waals surface area contributed by atoms with Gasteiger partial charge in [-0.3, -0.25) is 0 Å². The van der Waals surface area contributed by atoms with Crippen LogP contribution in [0, 0.1) is 11.3 Å². The zero-order valence-corrected chi connectivity index (χ0v) is 16.1. The number of anilines is 1. The highest BCUT2D eigenvalue weighted by atomic mass is 35.5. The molecule has 2 aromatic rings. The summed E-state index contributed by atoms with van der Waals surface area (Å²) < 4.78 is 5.77. The highest BCUT2D eigenvalue weighted by Gasteiger charge is 2.31. The molecule has 4 nitrogen and oxygen atoms in total. The Labute approximate surface area is 163 Å². The van der Waals surface area contributed by atoms with Crippen LogP contribution in [0.4, 0.5) is 5.69 Å². The summed E-state index contributed by atoms with van der Waals surface area (Å²) in [6.07, 6.45) is 0. The molecular weight excluding hydrogens is 369 g/mol. The first kappa shape index (κ1) is 18.4. The molecule has 1 aliphatic rings. The fourth-order valence-electron chi connectivity index (χ4n) is 3.26. The molecule has 0 aliphatic carbocycles. The fourth-order valence-corrected chi connectivity index (χ4v) is 3.57. The van der Waals surface area contributed by atoms with Crippen LogP contribution in [0.2, 0.25) is 10.0 Å². The summed E-state index contributed by atoms with van der Waals surface area (Å²) in [5.41, 5.74) is 9.20. The van der Waals surface area contributed by atoms with Gasteiger partial charge >= 0.3 is 0 Å². The monoisotopic (exact) mass is 387 g/mol. The summed E-state index contributed by atoms with van der Waals surface area (Å²) in [5, 5.41) is 10.5. The number of nitrogens with two attached hydrogens (primary N) is 1. The van der Waals surface area contributed by atoms with Gasteiger partial charge in [0.05, 0.1) is 16.0 Å². The lowest BCUT2D eigenvalue weighted by Gasteiger charge is -2.29. The van der Waals surface area contributed by atoms with E-state index in [-0.39, 0.29) is 11.8 Å². The Kier molecular flexibility index (Phi) is 5.31. The lowest BCUT2D eigenvalue weighted by molar-refractivity contribution is 0.393. The van der Waals surface area contributed by atoms with E-state index in [9.17, 15) is 5.26 Å². The van der Waals surface area contributed by atoms with Crippen molar-refractivity contribution >= 4 is 28.9 Å². The topological polar surface area (TPSA) is 62.3 Å². The van der Waals surface area contributed by atoms with Crippen molar-refractivity contribution in [2.24, 2.45) is 5.73 Å². The molecule has 2 aromatic carbocycles. The maximum absolute atomic E-state index is 9.63. The molecular formula is C20H19Cl2N3O. The van der Waals surface area contributed by atoms with Crippen LogP contribution >= 0.6 is 23.2 Å². The lowest BCUT2D eigenvalue weighted by Crippen LogP contribution is -2.24. The molecule has 0 bridgehead atoms. The zero-order chi connectivity index (χ0) is 18.8. The Morgan fingerprint density at radius 2 is 1.85 bits per heavy atom. The van der Waals surface area contributed by atoms with Crippen LogP contribution in [0.3, 0.4) is 0 Å². The Morgan fingerprint density at radius 1 is 1.12 bits per heavy atom. The zero-order valence-electron chi connectivity index (χ0n) is 14.6. The molecule has 1 unspecified atom stereocenters. The van der Waals surface area contributed by atoms with Crippen LogP contribution in [0.25, 0.3) is 0 Å². The van der Waals surface area contributed by atoms with Crippen molar-refractivity contribution in [2.75, 3.05) is 18.0 Å². The van der Waals surface area contributed by atoms with Crippen molar-refractivity contribution in [1.82, 2.24) is 0 Å². The molecule has 0 saturated carbocycles. The second kappa shape index (κ2) is 7.49. The Hall–Kier alpha value is -2.35. The first-order chi connectivity index (χ1) is 12.5. The average molecular weight is 388 g/mol. The number of allylic oxidation sites excluding steroid dienone is 1. The largest absolute Gasteiger partial charge is 0.440 e. The number of halogens is 2. The molecule has 2 N–H and O–H groups in total.